The summed E-state index contributed by atoms with van der Waals surface area (Å²) in [5.41, 5.74) is 0.749. The Bertz CT molecular complexity index is 545. The summed E-state index contributed by atoms with van der Waals surface area (Å²) < 4.78 is 13.6. The number of halogens is 1. The highest BCUT2D eigenvalue weighted by molar-refractivity contribution is 5.38. The second-order valence-electron chi connectivity index (χ2n) is 5.90. The molecule has 1 aromatic rings. The summed E-state index contributed by atoms with van der Waals surface area (Å²) in [4.78, 5) is 2.28. The van der Waals surface area contributed by atoms with Crippen molar-refractivity contribution in [3.05, 3.63) is 35.1 Å². The Labute approximate surface area is 125 Å². The van der Waals surface area contributed by atoms with Crippen molar-refractivity contribution in [1.29, 1.82) is 0 Å². The van der Waals surface area contributed by atoms with E-state index in [0.717, 1.165) is 44.5 Å². The van der Waals surface area contributed by atoms with Gasteiger partial charge in [-0.2, -0.15) is 0 Å². The maximum absolute atomic E-state index is 13.6. The average molecular weight is 291 g/mol. The third-order valence-electron chi connectivity index (χ3n) is 3.90. The van der Waals surface area contributed by atoms with Crippen molar-refractivity contribution in [2.45, 2.75) is 38.3 Å². The van der Waals surface area contributed by atoms with Crippen LogP contribution in [-0.2, 0) is 6.54 Å². The van der Waals surface area contributed by atoms with Crippen molar-refractivity contribution in [3.8, 4) is 11.8 Å². The van der Waals surface area contributed by atoms with Crippen LogP contribution in [0.2, 0.25) is 0 Å². The van der Waals surface area contributed by atoms with Gasteiger partial charge in [-0.15, -0.1) is 0 Å². The first kappa shape index (κ1) is 16.0. The molecule has 0 aliphatic carbocycles. The molecule has 1 atom stereocenters. The van der Waals surface area contributed by atoms with Crippen molar-refractivity contribution >= 4 is 0 Å². The van der Waals surface area contributed by atoms with E-state index in [1.165, 1.54) is 6.07 Å². The average Bonchev–Trinajstić information content (AvgIpc) is 2.61. The van der Waals surface area contributed by atoms with E-state index in [2.05, 4.69) is 16.7 Å². The molecule has 114 valence electrons. The number of likely N-dealkylation sites (tertiary alicyclic amines) is 1. The molecule has 0 radical (unpaired) electrons. The minimum Gasteiger partial charge on any atom is -0.390 e. The smallest absolute Gasteiger partial charge is 0.138 e. The molecule has 0 aromatic heterocycles. The SMILES string of the molecule is CC1(O)CCCN(Cc2ccc(F)c(C#CCO)c2)CC1. The molecule has 3 nitrogen and oxygen atoms in total. The zero-order valence-electron chi connectivity index (χ0n) is 12.4. The minimum absolute atomic E-state index is 0.273. The zero-order valence-corrected chi connectivity index (χ0v) is 12.4. The van der Waals surface area contributed by atoms with Crippen molar-refractivity contribution in [1.82, 2.24) is 4.90 Å². The first-order valence-corrected chi connectivity index (χ1v) is 7.33. The Morgan fingerprint density at radius 1 is 1.33 bits per heavy atom. The highest BCUT2D eigenvalue weighted by atomic mass is 19.1. The van der Waals surface area contributed by atoms with Crippen LogP contribution in [0.15, 0.2) is 18.2 Å². The van der Waals surface area contributed by atoms with Crippen molar-refractivity contribution in [2.24, 2.45) is 0 Å². The van der Waals surface area contributed by atoms with Gasteiger partial charge in [-0.1, -0.05) is 17.9 Å². The van der Waals surface area contributed by atoms with E-state index < -0.39 is 5.60 Å². The molecule has 1 saturated heterocycles. The number of hydrogen-bond acceptors (Lipinski definition) is 3. The fraction of sp³-hybridized carbons (Fsp3) is 0.529. The van der Waals surface area contributed by atoms with Crippen LogP contribution >= 0.6 is 0 Å². The van der Waals surface area contributed by atoms with Gasteiger partial charge in [0.15, 0.2) is 0 Å². The highest BCUT2D eigenvalue weighted by Crippen LogP contribution is 2.22. The van der Waals surface area contributed by atoms with Crippen molar-refractivity contribution < 1.29 is 14.6 Å². The summed E-state index contributed by atoms with van der Waals surface area (Å²) in [5.74, 6) is 4.75. The van der Waals surface area contributed by atoms with E-state index in [-0.39, 0.29) is 12.4 Å². The molecule has 21 heavy (non-hydrogen) atoms. The summed E-state index contributed by atoms with van der Waals surface area (Å²) in [5, 5.41) is 18.8. The summed E-state index contributed by atoms with van der Waals surface area (Å²) in [6, 6.07) is 4.92. The normalized spacial score (nSPS) is 23.2. The second kappa shape index (κ2) is 7.04. The molecule has 1 heterocycles. The summed E-state index contributed by atoms with van der Waals surface area (Å²) in [6.45, 7) is 4.11. The molecule has 0 spiro atoms. The lowest BCUT2D eigenvalue weighted by atomic mass is 9.98. The molecule has 1 aliphatic rings. The largest absolute Gasteiger partial charge is 0.390 e. The molecule has 1 unspecified atom stereocenters. The lowest BCUT2D eigenvalue weighted by molar-refractivity contribution is 0.0444. The van der Waals surface area contributed by atoms with Gasteiger partial charge >= 0.3 is 0 Å². The molecule has 4 heteroatoms. The number of rotatable bonds is 2. The second-order valence-corrected chi connectivity index (χ2v) is 5.90. The molecular weight excluding hydrogens is 269 g/mol. The molecule has 1 fully saturated rings. The Morgan fingerprint density at radius 2 is 2.14 bits per heavy atom. The van der Waals surface area contributed by atoms with Gasteiger partial charge in [-0.25, -0.2) is 4.39 Å². The fourth-order valence-corrected chi connectivity index (χ4v) is 2.64. The number of aliphatic hydroxyl groups excluding tert-OH is 1. The number of benzene rings is 1. The first-order valence-electron chi connectivity index (χ1n) is 7.33. The van der Waals surface area contributed by atoms with E-state index in [9.17, 15) is 9.50 Å². The monoisotopic (exact) mass is 291 g/mol. The number of aliphatic hydroxyl groups is 2. The zero-order chi connectivity index (χ0) is 15.3. The van der Waals surface area contributed by atoms with E-state index in [0.29, 0.717) is 5.56 Å². The topological polar surface area (TPSA) is 43.7 Å². The third-order valence-corrected chi connectivity index (χ3v) is 3.90. The van der Waals surface area contributed by atoms with E-state index in [4.69, 9.17) is 5.11 Å². The summed E-state index contributed by atoms with van der Waals surface area (Å²) in [7, 11) is 0. The number of nitrogens with zero attached hydrogens (tertiary/aromatic N) is 1. The Balaban J connectivity index is 2.06. The van der Waals surface area contributed by atoms with E-state index >= 15 is 0 Å². The Kier molecular flexibility index (Phi) is 5.35. The van der Waals surface area contributed by atoms with Gasteiger partial charge in [0, 0.05) is 13.1 Å². The van der Waals surface area contributed by atoms with Crippen LogP contribution in [0.3, 0.4) is 0 Å². The molecule has 0 saturated carbocycles. The maximum atomic E-state index is 13.6. The van der Waals surface area contributed by atoms with Gasteiger partial charge in [0.25, 0.3) is 0 Å². The molecule has 0 bridgehead atoms. The third kappa shape index (κ3) is 4.82. The Morgan fingerprint density at radius 3 is 2.90 bits per heavy atom. The molecule has 2 rings (SSSR count). The minimum atomic E-state index is -0.574. The lowest BCUT2D eigenvalue weighted by Gasteiger charge is -2.22. The van der Waals surface area contributed by atoms with Gasteiger partial charge in [-0.3, -0.25) is 4.90 Å². The summed E-state index contributed by atoms with van der Waals surface area (Å²) in [6.07, 6.45) is 2.54. The first-order chi connectivity index (χ1) is 10.00. The van der Waals surface area contributed by atoms with Crippen LogP contribution in [-0.4, -0.2) is 40.4 Å². The Hall–Kier alpha value is -1.41. The van der Waals surface area contributed by atoms with Gasteiger partial charge in [-0.05, 0) is 50.4 Å². The molecule has 0 amide bonds. The van der Waals surface area contributed by atoms with Gasteiger partial charge < -0.3 is 10.2 Å². The van der Waals surface area contributed by atoms with Crippen LogP contribution in [0.4, 0.5) is 4.39 Å². The molecule has 1 aliphatic heterocycles. The van der Waals surface area contributed by atoms with E-state index in [1.807, 2.05) is 6.92 Å². The summed E-state index contributed by atoms with van der Waals surface area (Å²) >= 11 is 0. The van der Waals surface area contributed by atoms with Crippen LogP contribution < -0.4 is 0 Å². The maximum Gasteiger partial charge on any atom is 0.138 e. The molecule has 1 aromatic carbocycles. The predicted octanol–water partition coefficient (Wildman–Crippen LogP) is 1.91. The van der Waals surface area contributed by atoms with Gasteiger partial charge in [0.1, 0.15) is 12.4 Å². The predicted molar refractivity (Wildman–Crippen MR) is 80.1 cm³/mol. The van der Waals surface area contributed by atoms with Crippen molar-refractivity contribution in [2.75, 3.05) is 19.7 Å². The standard InChI is InChI=1S/C17H22FNO2/c1-17(21)7-3-9-19(10-8-17)13-14-5-6-16(18)15(12-14)4-2-11-20/h5-6,12,20-21H,3,7-11,13H2,1H3. The number of hydrogen-bond donors (Lipinski definition) is 2. The highest BCUT2D eigenvalue weighted by Gasteiger charge is 2.24. The van der Waals surface area contributed by atoms with Crippen LogP contribution in [0, 0.1) is 17.7 Å². The van der Waals surface area contributed by atoms with Crippen molar-refractivity contribution in [3.63, 3.8) is 0 Å². The quantitative estimate of drug-likeness (QED) is 0.818. The van der Waals surface area contributed by atoms with Crippen LogP contribution in [0.25, 0.3) is 0 Å². The van der Waals surface area contributed by atoms with Gasteiger partial charge in [0.2, 0.25) is 0 Å². The van der Waals surface area contributed by atoms with Crippen LogP contribution in [0.5, 0.6) is 0 Å². The molecule has 2 N–H and O–H groups in total. The van der Waals surface area contributed by atoms with E-state index in [1.54, 1.807) is 12.1 Å². The van der Waals surface area contributed by atoms with Crippen LogP contribution in [0.1, 0.15) is 37.3 Å². The lowest BCUT2D eigenvalue weighted by Crippen LogP contribution is -2.28. The molecular formula is C17H22FNO2. The van der Waals surface area contributed by atoms with Gasteiger partial charge in [0.05, 0.1) is 11.2 Å². The fourth-order valence-electron chi connectivity index (χ4n) is 2.64.